The second-order valence-corrected chi connectivity index (χ2v) is 7.16. The van der Waals surface area contributed by atoms with Crippen LogP contribution >= 0.6 is 24.0 Å². The summed E-state index contributed by atoms with van der Waals surface area (Å²) in [7, 11) is 0. The minimum absolute atomic E-state index is 0. The molecule has 0 aliphatic carbocycles. The molecule has 27 heavy (non-hydrogen) atoms. The second-order valence-electron chi connectivity index (χ2n) is 6.72. The number of benzene rings is 1. The zero-order chi connectivity index (χ0) is 18.2. The molecular weight excluding hydrogens is 387 g/mol. The standard InChI is InChI=1S/C19H25ClN4O2.ClH/c20-16-8-6-15(7-9-16)19-23-18(26-24-19)5-1-4-17(25)22-12-10-14-3-2-11-21-13-14;/h6-9,14,21H,1-5,10-13H2,(H,22,25);1H. The Morgan fingerprint density at radius 1 is 1.33 bits per heavy atom. The summed E-state index contributed by atoms with van der Waals surface area (Å²) in [5.41, 5.74) is 0.861. The van der Waals surface area contributed by atoms with Gasteiger partial charge in [0.15, 0.2) is 0 Å². The van der Waals surface area contributed by atoms with Gasteiger partial charge in [-0.2, -0.15) is 4.98 Å². The number of carbonyl (C=O) groups is 1. The van der Waals surface area contributed by atoms with E-state index in [2.05, 4.69) is 20.8 Å². The van der Waals surface area contributed by atoms with E-state index in [0.717, 1.165) is 31.6 Å². The van der Waals surface area contributed by atoms with Gasteiger partial charge >= 0.3 is 0 Å². The number of nitrogens with zero attached hydrogens (tertiary/aromatic N) is 2. The molecule has 1 saturated heterocycles. The van der Waals surface area contributed by atoms with E-state index in [-0.39, 0.29) is 18.3 Å². The molecule has 0 radical (unpaired) electrons. The molecule has 1 atom stereocenters. The van der Waals surface area contributed by atoms with Gasteiger partial charge in [-0.1, -0.05) is 16.8 Å². The van der Waals surface area contributed by atoms with Gasteiger partial charge in [-0.3, -0.25) is 4.79 Å². The van der Waals surface area contributed by atoms with Crippen LogP contribution in [0.1, 0.15) is 38.0 Å². The highest BCUT2D eigenvalue weighted by Gasteiger charge is 2.13. The SMILES string of the molecule is Cl.O=C(CCCc1nc(-c2ccc(Cl)cc2)no1)NCCC1CCCNC1. The average molecular weight is 413 g/mol. The summed E-state index contributed by atoms with van der Waals surface area (Å²) < 4.78 is 5.26. The minimum atomic E-state index is 0. The van der Waals surface area contributed by atoms with Crippen LogP contribution < -0.4 is 10.6 Å². The zero-order valence-electron chi connectivity index (χ0n) is 15.2. The number of aromatic nitrogens is 2. The fraction of sp³-hybridized carbons (Fsp3) is 0.526. The summed E-state index contributed by atoms with van der Waals surface area (Å²) >= 11 is 5.88. The normalized spacial score (nSPS) is 16.6. The van der Waals surface area contributed by atoms with E-state index in [9.17, 15) is 4.79 Å². The minimum Gasteiger partial charge on any atom is -0.356 e. The van der Waals surface area contributed by atoms with E-state index < -0.39 is 0 Å². The van der Waals surface area contributed by atoms with E-state index in [1.54, 1.807) is 12.1 Å². The number of carbonyl (C=O) groups excluding carboxylic acids is 1. The van der Waals surface area contributed by atoms with E-state index in [1.165, 1.54) is 12.8 Å². The Kier molecular flexibility index (Phi) is 9.04. The second kappa shape index (κ2) is 11.3. The molecule has 0 saturated carbocycles. The maximum atomic E-state index is 11.9. The molecule has 1 unspecified atom stereocenters. The van der Waals surface area contributed by atoms with Crippen molar-refractivity contribution in [3.05, 3.63) is 35.2 Å². The van der Waals surface area contributed by atoms with Crippen LogP contribution in [0.15, 0.2) is 28.8 Å². The highest BCUT2D eigenvalue weighted by Crippen LogP contribution is 2.19. The van der Waals surface area contributed by atoms with Crippen LogP contribution in [0.2, 0.25) is 5.02 Å². The van der Waals surface area contributed by atoms with Gasteiger partial charge in [-0.25, -0.2) is 0 Å². The molecule has 3 rings (SSSR count). The fourth-order valence-corrected chi connectivity index (χ4v) is 3.27. The van der Waals surface area contributed by atoms with E-state index in [4.69, 9.17) is 16.1 Å². The first kappa shape index (κ1) is 21.7. The first-order chi connectivity index (χ1) is 12.7. The molecule has 1 aliphatic heterocycles. The smallest absolute Gasteiger partial charge is 0.226 e. The maximum absolute atomic E-state index is 11.9. The molecule has 0 bridgehead atoms. The predicted molar refractivity (Wildman–Crippen MR) is 108 cm³/mol. The number of amides is 1. The number of nitrogens with one attached hydrogen (secondary N) is 2. The lowest BCUT2D eigenvalue weighted by molar-refractivity contribution is -0.121. The lowest BCUT2D eigenvalue weighted by atomic mass is 9.96. The van der Waals surface area contributed by atoms with Crippen molar-refractivity contribution < 1.29 is 9.32 Å². The number of halogens is 2. The van der Waals surface area contributed by atoms with Crippen molar-refractivity contribution in [3.8, 4) is 11.4 Å². The van der Waals surface area contributed by atoms with Crippen LogP contribution in [0.5, 0.6) is 0 Å². The van der Waals surface area contributed by atoms with Crippen molar-refractivity contribution >= 4 is 29.9 Å². The Morgan fingerprint density at radius 2 is 2.15 bits per heavy atom. The largest absolute Gasteiger partial charge is 0.356 e. The average Bonchev–Trinajstić information content (AvgIpc) is 3.12. The molecule has 1 aromatic carbocycles. The first-order valence-corrected chi connectivity index (χ1v) is 9.64. The van der Waals surface area contributed by atoms with Gasteiger partial charge in [-0.15, -0.1) is 12.4 Å². The van der Waals surface area contributed by atoms with Crippen LogP contribution in [0.3, 0.4) is 0 Å². The van der Waals surface area contributed by atoms with Gasteiger partial charge in [0.25, 0.3) is 0 Å². The quantitative estimate of drug-likeness (QED) is 0.691. The van der Waals surface area contributed by atoms with Crippen LogP contribution in [0, 0.1) is 5.92 Å². The summed E-state index contributed by atoms with van der Waals surface area (Å²) in [6.45, 7) is 2.95. The molecule has 0 spiro atoms. The number of hydrogen-bond donors (Lipinski definition) is 2. The van der Waals surface area contributed by atoms with Gasteiger partial charge < -0.3 is 15.2 Å². The number of aryl methyl sites for hydroxylation is 1. The summed E-state index contributed by atoms with van der Waals surface area (Å²) in [5, 5.41) is 11.1. The molecule has 1 amide bonds. The Morgan fingerprint density at radius 3 is 2.89 bits per heavy atom. The summed E-state index contributed by atoms with van der Waals surface area (Å²) in [6.07, 6.45) is 5.31. The van der Waals surface area contributed by atoms with E-state index in [0.29, 0.717) is 41.9 Å². The van der Waals surface area contributed by atoms with Crippen molar-refractivity contribution in [2.75, 3.05) is 19.6 Å². The lowest BCUT2D eigenvalue weighted by Crippen LogP contribution is -2.33. The number of rotatable bonds is 8. The monoisotopic (exact) mass is 412 g/mol. The zero-order valence-corrected chi connectivity index (χ0v) is 16.8. The highest BCUT2D eigenvalue weighted by molar-refractivity contribution is 6.30. The van der Waals surface area contributed by atoms with Crippen LogP contribution in [0.25, 0.3) is 11.4 Å². The Bertz CT molecular complexity index is 700. The molecule has 1 aromatic heterocycles. The van der Waals surface area contributed by atoms with Crippen LogP contribution in [-0.2, 0) is 11.2 Å². The third-order valence-corrected chi connectivity index (χ3v) is 4.89. The summed E-state index contributed by atoms with van der Waals surface area (Å²) in [4.78, 5) is 16.3. The highest BCUT2D eigenvalue weighted by atomic mass is 35.5. The van der Waals surface area contributed by atoms with Gasteiger partial charge in [-0.05, 0) is 69.0 Å². The predicted octanol–water partition coefficient (Wildman–Crippen LogP) is 3.64. The Hall–Kier alpha value is -1.63. The van der Waals surface area contributed by atoms with E-state index >= 15 is 0 Å². The lowest BCUT2D eigenvalue weighted by Gasteiger charge is -2.22. The van der Waals surface area contributed by atoms with Crippen LogP contribution in [0.4, 0.5) is 0 Å². The summed E-state index contributed by atoms with van der Waals surface area (Å²) in [5.74, 6) is 1.87. The molecule has 6 nitrogen and oxygen atoms in total. The van der Waals surface area contributed by atoms with Crippen molar-refractivity contribution in [3.63, 3.8) is 0 Å². The number of hydrogen-bond acceptors (Lipinski definition) is 5. The molecule has 148 valence electrons. The van der Waals surface area contributed by atoms with Crippen molar-refractivity contribution in [1.29, 1.82) is 0 Å². The topological polar surface area (TPSA) is 80.0 Å². The molecule has 2 N–H and O–H groups in total. The molecule has 2 heterocycles. The number of piperidine rings is 1. The fourth-order valence-electron chi connectivity index (χ4n) is 3.15. The van der Waals surface area contributed by atoms with Crippen LogP contribution in [-0.4, -0.2) is 35.7 Å². The summed E-state index contributed by atoms with van der Waals surface area (Å²) in [6, 6.07) is 7.29. The maximum Gasteiger partial charge on any atom is 0.226 e. The first-order valence-electron chi connectivity index (χ1n) is 9.26. The third-order valence-electron chi connectivity index (χ3n) is 4.64. The molecular formula is C19H26Cl2N4O2. The molecule has 1 aliphatic rings. The molecule has 2 aromatic rings. The van der Waals surface area contributed by atoms with Gasteiger partial charge in [0, 0.05) is 30.0 Å². The van der Waals surface area contributed by atoms with Crippen molar-refractivity contribution in [1.82, 2.24) is 20.8 Å². The van der Waals surface area contributed by atoms with Gasteiger partial charge in [0.2, 0.25) is 17.6 Å². The van der Waals surface area contributed by atoms with Gasteiger partial charge in [0.05, 0.1) is 0 Å². The van der Waals surface area contributed by atoms with Crippen molar-refractivity contribution in [2.24, 2.45) is 5.92 Å². The third kappa shape index (κ3) is 7.13. The molecule has 8 heteroatoms. The van der Waals surface area contributed by atoms with E-state index in [1.807, 2.05) is 12.1 Å². The Labute approximate surface area is 170 Å². The Balaban J connectivity index is 0.00000261. The van der Waals surface area contributed by atoms with Crippen molar-refractivity contribution in [2.45, 2.75) is 38.5 Å². The molecule has 1 fully saturated rings. The van der Waals surface area contributed by atoms with Gasteiger partial charge in [0.1, 0.15) is 0 Å².